The molecule has 0 fully saturated rings. The molecule has 0 radical (unpaired) electrons. The second kappa shape index (κ2) is 6.06. The normalized spacial score (nSPS) is 9.73. The maximum absolute atomic E-state index is 11.7. The maximum Gasteiger partial charge on any atom is 0.321 e. The van der Waals surface area contributed by atoms with E-state index in [0.717, 1.165) is 25.2 Å². The molecule has 82 valence electrons. The lowest BCUT2D eigenvalue weighted by atomic mass is 10.3. The van der Waals surface area contributed by atoms with Gasteiger partial charge in [-0.25, -0.2) is 4.79 Å². The first kappa shape index (κ1) is 11.6. The average Bonchev–Trinajstić information content (AvgIpc) is 2.27. The number of rotatable bonds is 4. The Morgan fingerprint density at radius 3 is 2.47 bits per heavy atom. The van der Waals surface area contributed by atoms with Gasteiger partial charge in [-0.05, 0) is 25.5 Å². The Kier molecular flexibility index (Phi) is 4.68. The van der Waals surface area contributed by atoms with Gasteiger partial charge in [0.2, 0.25) is 0 Å². The summed E-state index contributed by atoms with van der Waals surface area (Å²) in [4.78, 5) is 13.5. The average molecular weight is 206 g/mol. The first-order valence-electron chi connectivity index (χ1n) is 5.39. The molecule has 1 rings (SSSR count). The third kappa shape index (κ3) is 3.62. The largest absolute Gasteiger partial charge is 0.325 e. The van der Waals surface area contributed by atoms with Gasteiger partial charge in [0.1, 0.15) is 0 Å². The number of benzene rings is 1. The molecule has 0 aliphatic carbocycles. The van der Waals surface area contributed by atoms with Gasteiger partial charge in [0, 0.05) is 18.8 Å². The zero-order valence-electron chi connectivity index (χ0n) is 9.36. The lowest BCUT2D eigenvalue weighted by molar-refractivity contribution is 0.214. The summed E-state index contributed by atoms with van der Waals surface area (Å²) in [5, 5.41) is 2.86. The van der Waals surface area contributed by atoms with Crippen molar-refractivity contribution in [2.45, 2.75) is 20.3 Å². The minimum atomic E-state index is -0.0226. The van der Waals surface area contributed by atoms with Crippen molar-refractivity contribution >= 4 is 11.7 Å². The van der Waals surface area contributed by atoms with Crippen molar-refractivity contribution in [3.8, 4) is 0 Å². The number of anilines is 1. The molecule has 0 atom stereocenters. The molecular formula is C12H18N2O. The predicted octanol–water partition coefficient (Wildman–Crippen LogP) is 2.95. The predicted molar refractivity (Wildman–Crippen MR) is 63.0 cm³/mol. The van der Waals surface area contributed by atoms with Crippen LogP contribution in [0.4, 0.5) is 10.5 Å². The molecule has 0 aliphatic heterocycles. The molecule has 1 aromatic carbocycles. The third-order valence-corrected chi connectivity index (χ3v) is 2.19. The molecule has 0 spiro atoms. The minimum absolute atomic E-state index is 0.0226. The van der Waals surface area contributed by atoms with Crippen molar-refractivity contribution in [3.63, 3.8) is 0 Å². The van der Waals surface area contributed by atoms with Gasteiger partial charge in [0.15, 0.2) is 0 Å². The molecule has 1 aromatic rings. The van der Waals surface area contributed by atoms with E-state index in [4.69, 9.17) is 0 Å². The van der Waals surface area contributed by atoms with Crippen LogP contribution in [-0.4, -0.2) is 24.0 Å². The molecule has 0 saturated heterocycles. The van der Waals surface area contributed by atoms with E-state index in [9.17, 15) is 4.79 Å². The van der Waals surface area contributed by atoms with E-state index in [-0.39, 0.29) is 6.03 Å². The van der Waals surface area contributed by atoms with Gasteiger partial charge in [-0.15, -0.1) is 0 Å². The van der Waals surface area contributed by atoms with Crippen LogP contribution in [0.2, 0.25) is 0 Å². The molecule has 0 aliphatic rings. The van der Waals surface area contributed by atoms with Crippen LogP contribution < -0.4 is 5.32 Å². The summed E-state index contributed by atoms with van der Waals surface area (Å²) in [5.41, 5.74) is 0.844. The van der Waals surface area contributed by atoms with Crippen LogP contribution in [0.5, 0.6) is 0 Å². The van der Waals surface area contributed by atoms with E-state index in [2.05, 4.69) is 12.2 Å². The number of hydrogen-bond donors (Lipinski definition) is 1. The lowest BCUT2D eigenvalue weighted by Crippen LogP contribution is -2.35. The molecule has 0 unspecified atom stereocenters. The highest BCUT2D eigenvalue weighted by Crippen LogP contribution is 2.06. The monoisotopic (exact) mass is 206 g/mol. The zero-order valence-corrected chi connectivity index (χ0v) is 9.36. The van der Waals surface area contributed by atoms with Gasteiger partial charge in [-0.2, -0.15) is 0 Å². The quantitative estimate of drug-likeness (QED) is 0.807. The summed E-state index contributed by atoms with van der Waals surface area (Å²) < 4.78 is 0. The minimum Gasteiger partial charge on any atom is -0.325 e. The summed E-state index contributed by atoms with van der Waals surface area (Å²) in [7, 11) is 0. The Balaban J connectivity index is 2.54. The molecule has 0 bridgehead atoms. The fraction of sp³-hybridized carbons (Fsp3) is 0.417. The van der Waals surface area contributed by atoms with Crippen LogP contribution in [0.3, 0.4) is 0 Å². The Labute approximate surface area is 91.1 Å². The summed E-state index contributed by atoms with van der Waals surface area (Å²) in [6.07, 6.45) is 0.982. The van der Waals surface area contributed by atoms with Crippen LogP contribution >= 0.6 is 0 Å². The second-order valence-electron chi connectivity index (χ2n) is 3.38. The summed E-state index contributed by atoms with van der Waals surface area (Å²) in [5.74, 6) is 0. The molecule has 3 nitrogen and oxygen atoms in total. The molecule has 0 saturated carbocycles. The van der Waals surface area contributed by atoms with Crippen molar-refractivity contribution < 1.29 is 4.79 Å². The molecular weight excluding hydrogens is 188 g/mol. The Bertz CT molecular complexity index is 298. The smallest absolute Gasteiger partial charge is 0.321 e. The molecule has 2 amide bonds. The highest BCUT2D eigenvalue weighted by Gasteiger charge is 2.09. The van der Waals surface area contributed by atoms with Crippen molar-refractivity contribution in [3.05, 3.63) is 30.3 Å². The van der Waals surface area contributed by atoms with Crippen LogP contribution in [-0.2, 0) is 0 Å². The topological polar surface area (TPSA) is 32.3 Å². The summed E-state index contributed by atoms with van der Waals surface area (Å²) in [6, 6.07) is 9.50. The number of carbonyl (C=O) groups is 1. The van der Waals surface area contributed by atoms with Crippen molar-refractivity contribution in [1.29, 1.82) is 0 Å². The van der Waals surface area contributed by atoms with Crippen molar-refractivity contribution in [1.82, 2.24) is 4.90 Å². The lowest BCUT2D eigenvalue weighted by Gasteiger charge is -2.20. The molecule has 3 heteroatoms. The number of urea groups is 1. The Morgan fingerprint density at radius 2 is 1.93 bits per heavy atom. The van der Waals surface area contributed by atoms with Crippen LogP contribution in [0.15, 0.2) is 30.3 Å². The first-order chi connectivity index (χ1) is 7.27. The van der Waals surface area contributed by atoms with E-state index >= 15 is 0 Å². The van der Waals surface area contributed by atoms with Gasteiger partial charge >= 0.3 is 6.03 Å². The number of nitrogens with one attached hydrogen (secondary N) is 1. The highest BCUT2D eigenvalue weighted by atomic mass is 16.2. The first-order valence-corrected chi connectivity index (χ1v) is 5.39. The van der Waals surface area contributed by atoms with Gasteiger partial charge in [-0.1, -0.05) is 25.1 Å². The molecule has 1 N–H and O–H groups in total. The second-order valence-corrected chi connectivity index (χ2v) is 3.38. The van der Waals surface area contributed by atoms with Crippen molar-refractivity contribution in [2.24, 2.45) is 0 Å². The highest BCUT2D eigenvalue weighted by molar-refractivity contribution is 5.89. The van der Waals surface area contributed by atoms with Crippen LogP contribution in [0.1, 0.15) is 20.3 Å². The van der Waals surface area contributed by atoms with Gasteiger partial charge < -0.3 is 10.2 Å². The van der Waals surface area contributed by atoms with E-state index in [1.54, 1.807) is 4.90 Å². The number of nitrogens with zero attached hydrogens (tertiary/aromatic N) is 1. The number of para-hydroxylation sites is 1. The van der Waals surface area contributed by atoms with Gasteiger partial charge in [0.25, 0.3) is 0 Å². The maximum atomic E-state index is 11.7. The van der Waals surface area contributed by atoms with Crippen molar-refractivity contribution in [2.75, 3.05) is 18.4 Å². The van der Waals surface area contributed by atoms with Gasteiger partial charge in [0.05, 0.1) is 0 Å². The number of amides is 2. The molecule has 15 heavy (non-hydrogen) atoms. The van der Waals surface area contributed by atoms with E-state index in [0.29, 0.717) is 0 Å². The Morgan fingerprint density at radius 1 is 1.27 bits per heavy atom. The van der Waals surface area contributed by atoms with E-state index in [1.807, 2.05) is 37.3 Å². The molecule has 0 aromatic heterocycles. The fourth-order valence-electron chi connectivity index (χ4n) is 1.40. The van der Waals surface area contributed by atoms with E-state index < -0.39 is 0 Å². The van der Waals surface area contributed by atoms with Gasteiger partial charge in [-0.3, -0.25) is 0 Å². The third-order valence-electron chi connectivity index (χ3n) is 2.19. The zero-order chi connectivity index (χ0) is 11.1. The molecule has 0 heterocycles. The SMILES string of the molecule is CCCN(CC)C(=O)Nc1ccccc1. The fourth-order valence-corrected chi connectivity index (χ4v) is 1.40. The van der Waals surface area contributed by atoms with Crippen LogP contribution in [0, 0.1) is 0 Å². The Hall–Kier alpha value is -1.51. The summed E-state index contributed by atoms with van der Waals surface area (Å²) in [6.45, 7) is 5.60. The number of carbonyl (C=O) groups excluding carboxylic acids is 1. The standard InChI is InChI=1S/C12H18N2O/c1-3-10-14(4-2)12(15)13-11-8-6-5-7-9-11/h5-9H,3-4,10H2,1-2H3,(H,13,15). The number of hydrogen-bond acceptors (Lipinski definition) is 1. The van der Waals surface area contributed by atoms with E-state index in [1.165, 1.54) is 0 Å². The van der Waals surface area contributed by atoms with Crippen LogP contribution in [0.25, 0.3) is 0 Å². The summed E-state index contributed by atoms with van der Waals surface area (Å²) >= 11 is 0.